The molecule has 29 heavy (non-hydrogen) atoms. The fourth-order valence-corrected chi connectivity index (χ4v) is 9.16. The van der Waals surface area contributed by atoms with Gasteiger partial charge in [-0.1, -0.05) is 27.7 Å². The molecule has 0 radical (unpaired) electrons. The Hall–Kier alpha value is -0.610. The molecule has 0 aromatic heterocycles. The van der Waals surface area contributed by atoms with Crippen molar-refractivity contribution in [2.75, 3.05) is 0 Å². The Kier molecular flexibility index (Phi) is 5.38. The Labute approximate surface area is 176 Å². The van der Waals surface area contributed by atoms with E-state index in [-0.39, 0.29) is 34.9 Å². The minimum atomic E-state index is -0.678. The van der Waals surface area contributed by atoms with E-state index in [1.54, 1.807) is 0 Å². The summed E-state index contributed by atoms with van der Waals surface area (Å²) in [4.78, 5) is 11.1. The van der Waals surface area contributed by atoms with E-state index in [9.17, 15) is 15.0 Å². The molecule has 0 spiro atoms. The zero-order chi connectivity index (χ0) is 21.2. The molecular weight excluding hydrogens is 364 g/mol. The number of carbonyl (C=O) groups is 1. The third-order valence-electron chi connectivity index (χ3n) is 11.0. The van der Waals surface area contributed by atoms with Gasteiger partial charge in [0.1, 0.15) is 0 Å². The van der Waals surface area contributed by atoms with Crippen LogP contribution in [0.4, 0.5) is 0 Å². The summed E-state index contributed by atoms with van der Waals surface area (Å²) >= 11 is 0. The second-order valence-corrected chi connectivity index (χ2v) is 12.0. The highest BCUT2D eigenvalue weighted by Gasteiger charge is 2.66. The van der Waals surface area contributed by atoms with E-state index in [0.717, 1.165) is 32.1 Å². The normalized spacial score (nSPS) is 52.9. The summed E-state index contributed by atoms with van der Waals surface area (Å²) in [5.74, 6) is 2.27. The SMILES string of the molecule is C[C@H](CCC(=O)O)[C@H]1CC[C@H]2C3C[C@H](O)[C@]4(C)C[C@H](O)CC[C@]4(C)[C@H]3CC[C@]12C. The summed E-state index contributed by atoms with van der Waals surface area (Å²) in [6.07, 6.45) is 8.94. The monoisotopic (exact) mass is 406 g/mol. The summed E-state index contributed by atoms with van der Waals surface area (Å²) in [5, 5.41) is 30.8. The van der Waals surface area contributed by atoms with Gasteiger partial charge < -0.3 is 15.3 Å². The summed E-state index contributed by atoms with van der Waals surface area (Å²) in [6, 6.07) is 0. The van der Waals surface area contributed by atoms with E-state index >= 15 is 0 Å². The molecule has 0 aliphatic heterocycles. The standard InChI is InChI=1S/C25H42O4/c1-15(5-8-22(28)29)18-6-7-19-17-13-21(27)25(4)14-16(26)9-12-24(25,3)20(17)10-11-23(18,19)2/h15-21,26-27H,5-14H2,1-4H3,(H,28,29)/t15-,16-,17?,18-,19+,20+,21+,23-,24-,25+/m1/s1. The molecule has 4 heteroatoms. The number of carboxylic acids is 1. The molecule has 1 unspecified atom stereocenters. The van der Waals surface area contributed by atoms with Crippen LogP contribution in [0.15, 0.2) is 0 Å². The number of aliphatic carboxylic acids is 1. The molecule has 0 amide bonds. The Morgan fingerprint density at radius 2 is 1.72 bits per heavy atom. The van der Waals surface area contributed by atoms with Gasteiger partial charge in [-0.3, -0.25) is 4.79 Å². The molecule has 4 fully saturated rings. The van der Waals surface area contributed by atoms with Gasteiger partial charge in [-0.2, -0.15) is 0 Å². The highest BCUT2D eigenvalue weighted by Crippen LogP contribution is 2.71. The van der Waals surface area contributed by atoms with Crippen molar-refractivity contribution in [2.24, 2.45) is 45.8 Å². The van der Waals surface area contributed by atoms with Gasteiger partial charge in [-0.15, -0.1) is 0 Å². The third kappa shape index (κ3) is 3.11. The topological polar surface area (TPSA) is 77.8 Å². The zero-order valence-electron chi connectivity index (χ0n) is 18.9. The van der Waals surface area contributed by atoms with Gasteiger partial charge in [0.2, 0.25) is 0 Å². The smallest absolute Gasteiger partial charge is 0.303 e. The van der Waals surface area contributed by atoms with Gasteiger partial charge in [0.15, 0.2) is 0 Å². The van der Waals surface area contributed by atoms with E-state index in [0.29, 0.717) is 29.6 Å². The maximum absolute atomic E-state index is 11.3. The predicted molar refractivity (Wildman–Crippen MR) is 113 cm³/mol. The maximum Gasteiger partial charge on any atom is 0.303 e. The van der Waals surface area contributed by atoms with Gasteiger partial charge in [0.05, 0.1) is 12.2 Å². The molecule has 4 rings (SSSR count). The lowest BCUT2D eigenvalue weighted by Gasteiger charge is -2.66. The lowest BCUT2D eigenvalue weighted by Crippen LogP contribution is -2.63. The van der Waals surface area contributed by atoms with Crippen LogP contribution in [0.5, 0.6) is 0 Å². The first-order valence-electron chi connectivity index (χ1n) is 12.1. The molecule has 0 aromatic rings. The summed E-state index contributed by atoms with van der Waals surface area (Å²) in [6.45, 7) is 9.42. The van der Waals surface area contributed by atoms with E-state index in [2.05, 4.69) is 27.7 Å². The summed E-state index contributed by atoms with van der Waals surface area (Å²) in [5.41, 5.74) is 0.229. The van der Waals surface area contributed by atoms with E-state index in [1.807, 2.05) is 0 Å². The predicted octanol–water partition coefficient (Wildman–Crippen LogP) is 4.87. The molecule has 0 aromatic carbocycles. The molecule has 4 aliphatic carbocycles. The lowest BCUT2D eigenvalue weighted by molar-refractivity contribution is -0.219. The largest absolute Gasteiger partial charge is 0.481 e. The van der Waals surface area contributed by atoms with E-state index in [4.69, 9.17) is 5.11 Å². The average Bonchev–Trinajstić information content (AvgIpc) is 3.00. The zero-order valence-corrected chi connectivity index (χ0v) is 18.9. The van der Waals surface area contributed by atoms with Gasteiger partial charge >= 0.3 is 5.97 Å². The van der Waals surface area contributed by atoms with Crippen molar-refractivity contribution in [2.45, 2.75) is 104 Å². The van der Waals surface area contributed by atoms with Crippen molar-refractivity contribution < 1.29 is 20.1 Å². The Balaban J connectivity index is 1.58. The minimum Gasteiger partial charge on any atom is -0.481 e. The van der Waals surface area contributed by atoms with Crippen LogP contribution in [-0.2, 0) is 4.79 Å². The van der Waals surface area contributed by atoms with Crippen LogP contribution in [-0.4, -0.2) is 33.5 Å². The van der Waals surface area contributed by atoms with Gasteiger partial charge in [0, 0.05) is 11.8 Å². The van der Waals surface area contributed by atoms with Crippen LogP contribution in [0, 0.1) is 45.8 Å². The highest BCUT2D eigenvalue weighted by molar-refractivity contribution is 5.66. The maximum atomic E-state index is 11.3. The van der Waals surface area contributed by atoms with Crippen molar-refractivity contribution >= 4 is 5.97 Å². The fraction of sp³-hybridized carbons (Fsp3) is 0.960. The van der Waals surface area contributed by atoms with Crippen molar-refractivity contribution in [1.82, 2.24) is 0 Å². The summed E-state index contributed by atoms with van der Waals surface area (Å²) < 4.78 is 0. The van der Waals surface area contributed by atoms with Crippen molar-refractivity contribution in [1.29, 1.82) is 0 Å². The molecular formula is C25H42O4. The molecule has 3 N–H and O–H groups in total. The van der Waals surface area contributed by atoms with Crippen LogP contribution >= 0.6 is 0 Å². The Bertz CT molecular complexity index is 649. The van der Waals surface area contributed by atoms with Gasteiger partial charge in [-0.25, -0.2) is 0 Å². The van der Waals surface area contributed by atoms with Crippen LogP contribution in [0.1, 0.15) is 91.9 Å². The fourth-order valence-electron chi connectivity index (χ4n) is 9.16. The number of aliphatic hydroxyl groups excluding tert-OH is 2. The highest BCUT2D eigenvalue weighted by atomic mass is 16.4. The van der Waals surface area contributed by atoms with E-state index in [1.165, 1.54) is 25.7 Å². The molecule has 0 heterocycles. The number of hydrogen-bond acceptors (Lipinski definition) is 3. The lowest BCUT2D eigenvalue weighted by atomic mass is 9.39. The minimum absolute atomic E-state index is 0.114. The average molecular weight is 407 g/mol. The van der Waals surface area contributed by atoms with Crippen molar-refractivity contribution in [3.05, 3.63) is 0 Å². The van der Waals surface area contributed by atoms with Gasteiger partial charge in [-0.05, 0) is 98.2 Å². The first kappa shape index (κ1) is 21.6. The molecule has 0 saturated heterocycles. The first-order chi connectivity index (χ1) is 13.5. The van der Waals surface area contributed by atoms with Crippen LogP contribution in [0.25, 0.3) is 0 Å². The molecule has 4 nitrogen and oxygen atoms in total. The quantitative estimate of drug-likeness (QED) is 0.622. The second kappa shape index (κ2) is 7.22. The Morgan fingerprint density at radius 3 is 2.41 bits per heavy atom. The number of aliphatic hydroxyl groups is 2. The molecule has 0 bridgehead atoms. The van der Waals surface area contributed by atoms with Gasteiger partial charge in [0.25, 0.3) is 0 Å². The Morgan fingerprint density at radius 1 is 1.00 bits per heavy atom. The number of rotatable bonds is 4. The van der Waals surface area contributed by atoms with Crippen molar-refractivity contribution in [3.63, 3.8) is 0 Å². The molecule has 10 atom stereocenters. The second-order valence-electron chi connectivity index (χ2n) is 12.0. The number of carboxylic acid groups (broad SMARTS) is 1. The van der Waals surface area contributed by atoms with Crippen LogP contribution in [0.2, 0.25) is 0 Å². The number of hydrogen-bond donors (Lipinski definition) is 3. The first-order valence-corrected chi connectivity index (χ1v) is 12.1. The van der Waals surface area contributed by atoms with Crippen LogP contribution < -0.4 is 0 Å². The van der Waals surface area contributed by atoms with E-state index < -0.39 is 5.97 Å². The van der Waals surface area contributed by atoms with Crippen LogP contribution in [0.3, 0.4) is 0 Å². The molecule has 4 saturated carbocycles. The third-order valence-corrected chi connectivity index (χ3v) is 11.0. The molecule has 166 valence electrons. The van der Waals surface area contributed by atoms with Crippen molar-refractivity contribution in [3.8, 4) is 0 Å². The summed E-state index contributed by atoms with van der Waals surface area (Å²) in [7, 11) is 0. The number of fused-ring (bicyclic) bond motifs is 5. The molecule has 4 aliphatic rings.